The van der Waals surface area contributed by atoms with Crippen molar-refractivity contribution in [3.05, 3.63) is 76.7 Å². The van der Waals surface area contributed by atoms with Crippen LogP contribution in [0.15, 0.2) is 59.7 Å². The van der Waals surface area contributed by atoms with E-state index in [1.807, 2.05) is 22.9 Å². The van der Waals surface area contributed by atoms with Gasteiger partial charge in [0.2, 0.25) is 6.36 Å². The van der Waals surface area contributed by atoms with Gasteiger partial charge in [-0.1, -0.05) is 56.7 Å². The molecule has 6 rings (SSSR count). The Morgan fingerprint density at radius 3 is 2.57 bits per heavy atom. The van der Waals surface area contributed by atoms with Crippen LogP contribution in [0.25, 0.3) is 16.6 Å². The Balaban J connectivity index is 1.36. The van der Waals surface area contributed by atoms with Crippen LogP contribution < -0.4 is 4.74 Å². The highest BCUT2D eigenvalue weighted by molar-refractivity contribution is 6.74. The summed E-state index contributed by atoms with van der Waals surface area (Å²) in [6, 6.07) is 11.1. The van der Waals surface area contributed by atoms with Crippen molar-refractivity contribution in [1.82, 2.24) is 9.55 Å². The molecule has 1 N–H and O–H groups in total. The molecule has 2 aliphatic heterocycles. The Bertz CT molecular complexity index is 1680. The summed E-state index contributed by atoms with van der Waals surface area (Å²) < 4.78 is 29.5. The van der Waals surface area contributed by atoms with Gasteiger partial charge in [-0.2, -0.15) is 0 Å². The molecule has 6 nitrogen and oxygen atoms in total. The minimum Gasteiger partial charge on any atom is -0.460 e. The first-order valence-electron chi connectivity index (χ1n) is 15.6. The van der Waals surface area contributed by atoms with Gasteiger partial charge in [-0.25, -0.2) is 9.37 Å². The molecule has 3 heterocycles. The minimum absolute atomic E-state index is 0.0727. The molecule has 1 aliphatic carbocycles. The lowest BCUT2D eigenvalue weighted by atomic mass is 9.99. The summed E-state index contributed by atoms with van der Waals surface area (Å²) in [5, 5.41) is 11.7. The van der Waals surface area contributed by atoms with E-state index in [1.54, 1.807) is 18.2 Å². The van der Waals surface area contributed by atoms with Crippen molar-refractivity contribution < 1.29 is 18.7 Å². The topological polar surface area (TPSA) is 68.9 Å². The third kappa shape index (κ3) is 5.82. The number of aromatic nitrogens is 2. The number of fused-ring (bicyclic) bond motifs is 3. The molecule has 1 aromatic heterocycles. The van der Waals surface area contributed by atoms with Crippen LogP contribution in [0.5, 0.6) is 5.75 Å². The number of aliphatic hydroxyl groups is 1. The van der Waals surface area contributed by atoms with Crippen LogP contribution in [-0.4, -0.2) is 40.6 Å². The number of benzene rings is 2. The van der Waals surface area contributed by atoms with Crippen molar-refractivity contribution in [2.24, 2.45) is 10.9 Å². The second-order valence-electron chi connectivity index (χ2n) is 14.4. The summed E-state index contributed by atoms with van der Waals surface area (Å²) in [4.78, 5) is 9.75. The fraction of sp³-hybridized carbons (Fsp3) is 0.486. The lowest BCUT2D eigenvalue weighted by Crippen LogP contribution is -2.50. The van der Waals surface area contributed by atoms with E-state index < -0.39 is 26.4 Å². The number of nitrogens with zero attached hydrogens (tertiary/aromatic N) is 3. The number of rotatable bonds is 8. The number of aliphatic imine (C=N–C) groups is 1. The number of imidazole rings is 1. The Labute approximate surface area is 265 Å². The quantitative estimate of drug-likeness (QED) is 0.250. The molecule has 0 spiro atoms. The number of ether oxygens (including phenoxy) is 1. The van der Waals surface area contributed by atoms with Crippen molar-refractivity contribution in [2.45, 2.75) is 103 Å². The molecule has 1 saturated carbocycles. The molecule has 234 valence electrons. The fourth-order valence-corrected chi connectivity index (χ4v) is 8.00. The molecule has 1 fully saturated rings. The second-order valence-corrected chi connectivity index (χ2v) is 19.5. The highest BCUT2D eigenvalue weighted by Gasteiger charge is 2.43. The Kier molecular flexibility index (Phi) is 7.97. The number of hydrogen-bond acceptors (Lipinski definition) is 5. The number of hydrogen-bond donors (Lipinski definition) is 1. The van der Waals surface area contributed by atoms with Crippen molar-refractivity contribution >= 4 is 42.2 Å². The largest absolute Gasteiger partial charge is 0.460 e. The Morgan fingerprint density at radius 1 is 1.11 bits per heavy atom. The Morgan fingerprint density at radius 2 is 1.86 bits per heavy atom. The van der Waals surface area contributed by atoms with Gasteiger partial charge in [-0.05, 0) is 80.2 Å². The van der Waals surface area contributed by atoms with Gasteiger partial charge in [0.25, 0.3) is 0 Å². The molecule has 44 heavy (non-hydrogen) atoms. The fourth-order valence-electron chi connectivity index (χ4n) is 6.00. The van der Waals surface area contributed by atoms with Gasteiger partial charge in [0.05, 0.1) is 28.4 Å². The van der Waals surface area contributed by atoms with Gasteiger partial charge in [0.15, 0.2) is 8.32 Å². The maximum atomic E-state index is 14.8. The van der Waals surface area contributed by atoms with Crippen molar-refractivity contribution in [3.63, 3.8) is 0 Å². The van der Waals surface area contributed by atoms with Gasteiger partial charge in [-0.3, -0.25) is 4.99 Å². The van der Waals surface area contributed by atoms with Crippen molar-refractivity contribution in [2.75, 3.05) is 0 Å². The lowest BCUT2D eigenvalue weighted by molar-refractivity contribution is 0.0454. The monoisotopic (exact) mass is 635 g/mol. The zero-order valence-corrected chi connectivity index (χ0v) is 28.5. The second kappa shape index (κ2) is 11.2. The highest BCUT2D eigenvalue weighted by Crippen LogP contribution is 2.48. The third-order valence-corrected chi connectivity index (χ3v) is 14.6. The number of allylic oxidation sites excluding steroid dienone is 3. The first-order valence-corrected chi connectivity index (χ1v) is 18.9. The maximum absolute atomic E-state index is 14.8. The SMILES string of the molecule is CC(C)(O[Si](C)(C)C(C)(C)C)C1=NC=C(c2ccc3nc4n(c3c2)C(c2c(Cl)cccc2OC(F)C2CC2)C[C@@H]4O)C=CC1. The van der Waals surface area contributed by atoms with Crippen LogP contribution in [0.3, 0.4) is 0 Å². The summed E-state index contributed by atoms with van der Waals surface area (Å²) in [6.45, 7) is 15.5. The predicted octanol–water partition coefficient (Wildman–Crippen LogP) is 9.34. The number of halogens is 2. The zero-order chi connectivity index (χ0) is 31.6. The highest BCUT2D eigenvalue weighted by atomic mass is 35.5. The summed E-state index contributed by atoms with van der Waals surface area (Å²) in [7, 11) is -2.01. The van der Waals surface area contributed by atoms with Crippen molar-refractivity contribution in [1.29, 1.82) is 0 Å². The molecule has 0 saturated heterocycles. The lowest BCUT2D eigenvalue weighted by Gasteiger charge is -2.43. The summed E-state index contributed by atoms with van der Waals surface area (Å²) >= 11 is 6.75. The van der Waals surface area contributed by atoms with E-state index in [4.69, 9.17) is 30.7 Å². The predicted molar refractivity (Wildman–Crippen MR) is 179 cm³/mol. The standard InChI is InChI=1S/C35H43ClFN3O3Si/c1-34(2,3)44(6,7)43-35(4,5)30-13-8-10-23(20-38-30)22-16-17-25-26(18-22)40-27(19-28(41)33(40)39-25)31-24(36)11-9-12-29(31)42-32(37)21-14-15-21/h8-12,16-18,20-21,27-28,32,41H,13-15,19H2,1-7H3/t27?,28-,32?/m0/s1. The van der Waals surface area contributed by atoms with Crippen LogP contribution >= 0.6 is 11.6 Å². The first-order chi connectivity index (χ1) is 20.7. The normalized spacial score (nSPS) is 21.6. The van der Waals surface area contributed by atoms with E-state index in [1.165, 1.54) is 0 Å². The third-order valence-electron chi connectivity index (χ3n) is 9.66. The van der Waals surface area contributed by atoms with Gasteiger partial charge < -0.3 is 18.8 Å². The van der Waals surface area contributed by atoms with E-state index >= 15 is 0 Å². The minimum atomic E-state index is -2.01. The van der Waals surface area contributed by atoms with Gasteiger partial charge in [0.1, 0.15) is 17.7 Å². The molecule has 0 radical (unpaired) electrons. The first kappa shape index (κ1) is 31.2. The van der Waals surface area contributed by atoms with E-state index in [2.05, 4.69) is 65.9 Å². The van der Waals surface area contributed by atoms with Crippen molar-refractivity contribution in [3.8, 4) is 5.75 Å². The number of alkyl halides is 1. The maximum Gasteiger partial charge on any atom is 0.241 e. The molecule has 0 amide bonds. The van der Waals surface area contributed by atoms with Gasteiger partial charge in [0, 0.05) is 35.5 Å². The molecule has 2 aromatic carbocycles. The van der Waals surface area contributed by atoms with Gasteiger partial charge in [-0.15, -0.1) is 0 Å². The van der Waals surface area contributed by atoms with E-state index in [0.717, 1.165) is 40.7 Å². The van der Waals surface area contributed by atoms with Gasteiger partial charge >= 0.3 is 0 Å². The molecule has 3 atom stereocenters. The average molecular weight is 636 g/mol. The molecule has 9 heteroatoms. The van der Waals surface area contributed by atoms with Crippen LogP contribution in [-0.2, 0) is 4.43 Å². The summed E-state index contributed by atoms with van der Waals surface area (Å²) in [5.74, 6) is 0.914. The molecule has 2 unspecified atom stereocenters. The summed E-state index contributed by atoms with van der Waals surface area (Å²) in [5.41, 5.74) is 4.77. The smallest absolute Gasteiger partial charge is 0.241 e. The molecule has 3 aromatic rings. The van der Waals surface area contributed by atoms with Crippen LogP contribution in [0, 0.1) is 5.92 Å². The van der Waals surface area contributed by atoms with Crippen LogP contribution in [0.1, 0.15) is 89.4 Å². The van der Waals surface area contributed by atoms with Crippen LogP contribution in [0.2, 0.25) is 23.2 Å². The average Bonchev–Trinajstić information content (AvgIpc) is 3.70. The molecule has 3 aliphatic rings. The van der Waals surface area contributed by atoms with E-state index in [9.17, 15) is 9.50 Å². The molecular formula is C35H43ClFN3O3Si. The Hall–Kier alpha value is -2.78. The van der Waals surface area contributed by atoms with E-state index in [-0.39, 0.29) is 17.0 Å². The van der Waals surface area contributed by atoms with E-state index in [0.29, 0.717) is 35.0 Å². The summed E-state index contributed by atoms with van der Waals surface area (Å²) in [6.07, 6.45) is 6.75. The molecule has 0 bridgehead atoms. The number of aliphatic hydroxyl groups excluding tert-OH is 1. The molecular weight excluding hydrogens is 593 g/mol. The zero-order valence-electron chi connectivity index (χ0n) is 26.7. The van der Waals surface area contributed by atoms with Crippen LogP contribution in [0.4, 0.5) is 4.39 Å².